The number of nitrogens with zero attached hydrogens (tertiary/aromatic N) is 2. The van der Waals surface area contributed by atoms with Gasteiger partial charge in [0.2, 0.25) is 0 Å². The van der Waals surface area contributed by atoms with Crippen LogP contribution in [-0.2, 0) is 6.42 Å². The predicted molar refractivity (Wildman–Crippen MR) is 79.0 cm³/mol. The lowest BCUT2D eigenvalue weighted by atomic mass is 10.3. The molecule has 3 nitrogen and oxygen atoms in total. The molecule has 1 aliphatic heterocycles. The molecule has 1 saturated heterocycles. The Kier molecular flexibility index (Phi) is 8.33. The quantitative estimate of drug-likeness (QED) is 0.923. The first-order chi connectivity index (χ1) is 7.29. The van der Waals surface area contributed by atoms with Crippen molar-refractivity contribution >= 4 is 36.2 Å². The lowest BCUT2D eigenvalue weighted by Crippen LogP contribution is -2.30. The minimum Gasteiger partial charge on any atom is -0.316 e. The Morgan fingerprint density at radius 1 is 1.53 bits per heavy atom. The summed E-state index contributed by atoms with van der Waals surface area (Å²) in [4.78, 5) is 8.27. The predicted octanol–water partition coefficient (Wildman–Crippen LogP) is 2.13. The largest absolute Gasteiger partial charge is 0.316 e. The number of halogens is 2. The average molecular weight is 298 g/mol. The van der Waals surface area contributed by atoms with Crippen LogP contribution in [0.4, 0.5) is 0 Å². The Hall–Kier alpha value is 0.130. The number of likely N-dealkylation sites (tertiary alicyclic amines) is 1. The Labute approximate surface area is 120 Å². The molecular weight excluding hydrogens is 277 g/mol. The van der Waals surface area contributed by atoms with E-state index < -0.39 is 0 Å². The van der Waals surface area contributed by atoms with E-state index >= 15 is 0 Å². The molecule has 1 N–H and O–H groups in total. The van der Waals surface area contributed by atoms with E-state index in [1.807, 2.05) is 5.51 Å². The first-order valence-electron chi connectivity index (χ1n) is 5.58. The van der Waals surface area contributed by atoms with Gasteiger partial charge in [-0.15, -0.1) is 36.2 Å². The van der Waals surface area contributed by atoms with Gasteiger partial charge in [-0.25, -0.2) is 4.98 Å². The summed E-state index contributed by atoms with van der Waals surface area (Å²) in [5.41, 5.74) is 3.16. The average Bonchev–Trinajstić information content (AvgIpc) is 2.84. The molecule has 100 valence electrons. The van der Waals surface area contributed by atoms with Gasteiger partial charge in [-0.1, -0.05) is 0 Å². The molecule has 1 unspecified atom stereocenters. The Morgan fingerprint density at radius 3 is 2.82 bits per heavy atom. The first-order valence-corrected chi connectivity index (χ1v) is 6.46. The summed E-state index contributed by atoms with van der Waals surface area (Å²) in [5, 5.41) is 3.35. The van der Waals surface area contributed by atoms with Crippen LogP contribution in [0.25, 0.3) is 0 Å². The minimum atomic E-state index is 0. The molecule has 0 aliphatic carbocycles. The van der Waals surface area contributed by atoms with E-state index in [1.165, 1.54) is 36.6 Å². The lowest BCUT2D eigenvalue weighted by molar-refractivity contribution is 0.335. The zero-order chi connectivity index (χ0) is 10.7. The van der Waals surface area contributed by atoms with Crippen LogP contribution >= 0.6 is 36.2 Å². The van der Waals surface area contributed by atoms with Crippen LogP contribution in [0.5, 0.6) is 0 Å². The van der Waals surface area contributed by atoms with Crippen molar-refractivity contribution in [2.24, 2.45) is 0 Å². The van der Waals surface area contributed by atoms with Crippen LogP contribution in [0.2, 0.25) is 0 Å². The molecule has 1 atom stereocenters. The molecule has 2 heterocycles. The Bertz CT molecular complexity index is 319. The minimum absolute atomic E-state index is 0. The second-order valence-electron chi connectivity index (χ2n) is 4.19. The smallest absolute Gasteiger partial charge is 0.0797 e. The van der Waals surface area contributed by atoms with Crippen molar-refractivity contribution in [1.29, 1.82) is 0 Å². The summed E-state index contributed by atoms with van der Waals surface area (Å²) in [6, 6.07) is 0.701. The van der Waals surface area contributed by atoms with E-state index in [4.69, 9.17) is 0 Å². The highest BCUT2D eigenvalue weighted by atomic mass is 35.5. The number of likely N-dealkylation sites (N-methyl/N-ethyl adjacent to an activating group) is 1. The maximum absolute atomic E-state index is 4.28. The summed E-state index contributed by atoms with van der Waals surface area (Å²) >= 11 is 1.79. The number of thiazole rings is 1. The molecule has 17 heavy (non-hydrogen) atoms. The number of aromatic nitrogens is 1. The molecule has 0 radical (unpaired) electrons. The second kappa shape index (κ2) is 8.27. The molecule has 1 aromatic rings. The van der Waals surface area contributed by atoms with Gasteiger partial charge in [-0.05, 0) is 33.4 Å². The Morgan fingerprint density at radius 2 is 2.29 bits per heavy atom. The van der Waals surface area contributed by atoms with Crippen LogP contribution in [-0.4, -0.2) is 42.6 Å². The van der Waals surface area contributed by atoms with Gasteiger partial charge in [0.05, 0.1) is 11.2 Å². The van der Waals surface area contributed by atoms with Gasteiger partial charge in [0.15, 0.2) is 0 Å². The van der Waals surface area contributed by atoms with Crippen LogP contribution in [0.15, 0.2) is 5.51 Å². The fourth-order valence-electron chi connectivity index (χ4n) is 2.10. The van der Waals surface area contributed by atoms with Crippen LogP contribution in [0.1, 0.15) is 17.0 Å². The Balaban J connectivity index is 0.00000128. The van der Waals surface area contributed by atoms with Gasteiger partial charge in [-0.2, -0.15) is 0 Å². The summed E-state index contributed by atoms with van der Waals surface area (Å²) in [6.07, 6.45) is 2.45. The molecule has 1 aromatic heterocycles. The van der Waals surface area contributed by atoms with Crippen molar-refractivity contribution in [1.82, 2.24) is 15.2 Å². The molecule has 2 rings (SSSR count). The SMILES string of the molecule is CNC1CCN(CCc2scnc2C)C1.Cl.Cl. The van der Waals surface area contributed by atoms with Gasteiger partial charge < -0.3 is 10.2 Å². The van der Waals surface area contributed by atoms with E-state index in [0.717, 1.165) is 6.42 Å². The summed E-state index contributed by atoms with van der Waals surface area (Å²) < 4.78 is 0. The molecule has 0 aromatic carbocycles. The zero-order valence-corrected chi connectivity index (χ0v) is 12.8. The molecule has 1 aliphatic rings. The summed E-state index contributed by atoms with van der Waals surface area (Å²) in [6.45, 7) is 5.73. The summed E-state index contributed by atoms with van der Waals surface area (Å²) in [7, 11) is 2.06. The fourth-order valence-corrected chi connectivity index (χ4v) is 2.87. The van der Waals surface area contributed by atoms with Crippen molar-refractivity contribution in [3.8, 4) is 0 Å². The first kappa shape index (κ1) is 17.1. The second-order valence-corrected chi connectivity index (χ2v) is 5.13. The third-order valence-corrected chi connectivity index (χ3v) is 4.18. The topological polar surface area (TPSA) is 28.2 Å². The lowest BCUT2D eigenvalue weighted by Gasteiger charge is -2.15. The number of hydrogen-bond donors (Lipinski definition) is 1. The highest BCUT2D eigenvalue weighted by molar-refractivity contribution is 7.09. The molecule has 0 spiro atoms. The number of rotatable bonds is 4. The number of aryl methyl sites for hydroxylation is 1. The van der Waals surface area contributed by atoms with Crippen molar-refractivity contribution in [2.45, 2.75) is 25.8 Å². The molecular formula is C11H21Cl2N3S. The van der Waals surface area contributed by atoms with E-state index in [-0.39, 0.29) is 24.8 Å². The maximum Gasteiger partial charge on any atom is 0.0797 e. The van der Waals surface area contributed by atoms with Crippen LogP contribution < -0.4 is 5.32 Å². The van der Waals surface area contributed by atoms with Gasteiger partial charge in [-0.3, -0.25) is 0 Å². The molecule has 0 bridgehead atoms. The molecule has 0 amide bonds. The van der Waals surface area contributed by atoms with E-state index in [9.17, 15) is 0 Å². The van der Waals surface area contributed by atoms with E-state index in [2.05, 4.69) is 29.2 Å². The number of nitrogens with one attached hydrogen (secondary N) is 1. The molecule has 0 saturated carbocycles. The fraction of sp³-hybridized carbons (Fsp3) is 0.727. The summed E-state index contributed by atoms with van der Waals surface area (Å²) in [5.74, 6) is 0. The zero-order valence-electron chi connectivity index (χ0n) is 10.3. The van der Waals surface area contributed by atoms with Crippen molar-refractivity contribution < 1.29 is 0 Å². The van der Waals surface area contributed by atoms with Crippen LogP contribution in [0, 0.1) is 6.92 Å². The van der Waals surface area contributed by atoms with Crippen LogP contribution in [0.3, 0.4) is 0 Å². The van der Waals surface area contributed by atoms with E-state index in [1.54, 1.807) is 11.3 Å². The molecule has 1 fully saturated rings. The third kappa shape index (κ3) is 4.72. The van der Waals surface area contributed by atoms with Gasteiger partial charge in [0, 0.05) is 24.0 Å². The number of hydrogen-bond acceptors (Lipinski definition) is 4. The maximum atomic E-state index is 4.28. The highest BCUT2D eigenvalue weighted by Crippen LogP contribution is 2.15. The van der Waals surface area contributed by atoms with Crippen molar-refractivity contribution in [3.63, 3.8) is 0 Å². The van der Waals surface area contributed by atoms with E-state index in [0.29, 0.717) is 6.04 Å². The van der Waals surface area contributed by atoms with Gasteiger partial charge in [0.25, 0.3) is 0 Å². The molecule has 6 heteroatoms. The normalized spacial score (nSPS) is 19.8. The van der Waals surface area contributed by atoms with Gasteiger partial charge in [0.1, 0.15) is 0 Å². The van der Waals surface area contributed by atoms with Gasteiger partial charge >= 0.3 is 0 Å². The standard InChI is InChI=1S/C11H19N3S.2ClH/c1-9-11(15-8-13-9)4-6-14-5-3-10(7-14)12-2;;/h8,10,12H,3-7H2,1-2H3;2*1H. The monoisotopic (exact) mass is 297 g/mol. The third-order valence-electron chi connectivity index (χ3n) is 3.18. The van der Waals surface area contributed by atoms with Crippen molar-refractivity contribution in [2.75, 3.05) is 26.7 Å². The highest BCUT2D eigenvalue weighted by Gasteiger charge is 2.20. The van der Waals surface area contributed by atoms with Crippen molar-refractivity contribution in [3.05, 3.63) is 16.1 Å².